The maximum absolute atomic E-state index is 12.8. The molecule has 0 fully saturated rings. The normalized spacial score (nSPS) is 12.0. The van der Waals surface area contributed by atoms with Crippen molar-refractivity contribution >= 4 is 17.9 Å². The molecular weight excluding hydrogens is 757 g/mol. The first-order valence-corrected chi connectivity index (χ1v) is 27.2. The van der Waals surface area contributed by atoms with Crippen molar-refractivity contribution in [3.05, 3.63) is 12.2 Å². The zero-order valence-corrected chi connectivity index (χ0v) is 41.2. The Kier molecular flexibility index (Phi) is 49.3. The van der Waals surface area contributed by atoms with E-state index in [4.69, 9.17) is 14.2 Å². The Hall–Kier alpha value is -1.85. The van der Waals surface area contributed by atoms with E-state index in [1.54, 1.807) is 0 Å². The predicted molar refractivity (Wildman–Crippen MR) is 261 cm³/mol. The van der Waals surface area contributed by atoms with Crippen molar-refractivity contribution in [2.45, 2.75) is 309 Å². The van der Waals surface area contributed by atoms with Crippen molar-refractivity contribution in [3.8, 4) is 0 Å². The van der Waals surface area contributed by atoms with Gasteiger partial charge < -0.3 is 14.2 Å². The fourth-order valence-corrected chi connectivity index (χ4v) is 8.14. The Morgan fingerprint density at radius 3 is 0.820 bits per heavy atom. The van der Waals surface area contributed by atoms with Crippen molar-refractivity contribution in [1.82, 2.24) is 0 Å². The fraction of sp³-hybridized carbons (Fsp3) is 0.909. The summed E-state index contributed by atoms with van der Waals surface area (Å²) in [5, 5.41) is 0. The van der Waals surface area contributed by atoms with Crippen LogP contribution in [0.1, 0.15) is 303 Å². The van der Waals surface area contributed by atoms with Gasteiger partial charge in [-0.1, -0.05) is 251 Å². The second-order valence-corrected chi connectivity index (χ2v) is 18.5. The fourth-order valence-electron chi connectivity index (χ4n) is 8.14. The number of carbonyl (C=O) groups excluding carboxylic acids is 3. The van der Waals surface area contributed by atoms with Gasteiger partial charge in [-0.05, 0) is 44.9 Å². The van der Waals surface area contributed by atoms with E-state index in [0.717, 1.165) is 57.8 Å². The molecule has 1 atom stereocenters. The van der Waals surface area contributed by atoms with Gasteiger partial charge in [0.05, 0.1) is 0 Å². The summed E-state index contributed by atoms with van der Waals surface area (Å²) in [6, 6.07) is 0. The number of allylic oxidation sites excluding steroid dienone is 2. The largest absolute Gasteiger partial charge is 0.462 e. The molecule has 0 bridgehead atoms. The van der Waals surface area contributed by atoms with E-state index in [-0.39, 0.29) is 31.1 Å². The van der Waals surface area contributed by atoms with Crippen LogP contribution in [-0.4, -0.2) is 37.2 Å². The zero-order valence-electron chi connectivity index (χ0n) is 41.2. The van der Waals surface area contributed by atoms with E-state index in [0.29, 0.717) is 19.3 Å². The van der Waals surface area contributed by atoms with Crippen molar-refractivity contribution in [3.63, 3.8) is 0 Å². The first-order valence-electron chi connectivity index (χ1n) is 27.2. The molecule has 0 amide bonds. The molecule has 0 aliphatic heterocycles. The summed E-state index contributed by atoms with van der Waals surface area (Å²) in [7, 11) is 0. The third-order valence-corrected chi connectivity index (χ3v) is 12.3. The van der Waals surface area contributed by atoms with Gasteiger partial charge in [0.2, 0.25) is 0 Å². The summed E-state index contributed by atoms with van der Waals surface area (Å²) in [6.45, 7) is 6.66. The van der Waals surface area contributed by atoms with Gasteiger partial charge in [0, 0.05) is 19.3 Å². The first kappa shape index (κ1) is 59.1. The smallest absolute Gasteiger partial charge is 0.306 e. The standard InChI is InChI=1S/C55H104O6/c1-4-7-10-13-16-19-22-24-25-26-27-28-29-31-33-36-39-42-45-48-54(57)60-51-52(50-59-53(56)47-44-41-38-35-32-21-18-15-12-9-6-3)61-55(58)49-46-43-40-37-34-30-23-20-17-14-11-8-5-2/h24-25,52H,4-23,26-51H2,1-3H3/b25-24-. The number of hydrogen-bond donors (Lipinski definition) is 0. The molecule has 0 rings (SSSR count). The van der Waals surface area contributed by atoms with Crippen molar-refractivity contribution in [2.24, 2.45) is 0 Å². The number of ether oxygens (including phenoxy) is 3. The van der Waals surface area contributed by atoms with Crippen LogP contribution in [0.25, 0.3) is 0 Å². The molecule has 0 radical (unpaired) electrons. The Balaban J connectivity index is 4.26. The monoisotopic (exact) mass is 861 g/mol. The number of rotatable bonds is 50. The van der Waals surface area contributed by atoms with Crippen LogP contribution in [0.15, 0.2) is 12.2 Å². The van der Waals surface area contributed by atoms with Crippen LogP contribution in [0.2, 0.25) is 0 Å². The molecule has 0 N–H and O–H groups in total. The van der Waals surface area contributed by atoms with E-state index in [1.165, 1.54) is 205 Å². The van der Waals surface area contributed by atoms with Gasteiger partial charge in [0.1, 0.15) is 13.2 Å². The van der Waals surface area contributed by atoms with Crippen molar-refractivity contribution < 1.29 is 28.6 Å². The van der Waals surface area contributed by atoms with E-state index < -0.39 is 6.10 Å². The minimum Gasteiger partial charge on any atom is -0.462 e. The maximum Gasteiger partial charge on any atom is 0.306 e. The molecule has 6 heteroatoms. The average Bonchev–Trinajstić information content (AvgIpc) is 3.26. The third kappa shape index (κ3) is 49.0. The zero-order chi connectivity index (χ0) is 44.4. The van der Waals surface area contributed by atoms with Gasteiger partial charge in [0.25, 0.3) is 0 Å². The van der Waals surface area contributed by atoms with Crippen LogP contribution >= 0.6 is 0 Å². The SMILES string of the molecule is CCCCCCCC/C=C\CCCCCCCCCCCC(=O)OCC(COC(=O)CCCCCCCCCCCCC)OC(=O)CCCCCCCCCCCCCCC. The topological polar surface area (TPSA) is 78.9 Å². The third-order valence-electron chi connectivity index (χ3n) is 12.3. The quantitative estimate of drug-likeness (QED) is 0.0262. The van der Waals surface area contributed by atoms with E-state index in [2.05, 4.69) is 32.9 Å². The Morgan fingerprint density at radius 1 is 0.311 bits per heavy atom. The lowest BCUT2D eigenvalue weighted by atomic mass is 10.0. The number of unbranched alkanes of at least 4 members (excludes halogenated alkanes) is 37. The van der Waals surface area contributed by atoms with E-state index >= 15 is 0 Å². The number of esters is 3. The lowest BCUT2D eigenvalue weighted by Gasteiger charge is -2.18. The highest BCUT2D eigenvalue weighted by Crippen LogP contribution is 2.16. The average molecular weight is 861 g/mol. The van der Waals surface area contributed by atoms with Crippen LogP contribution in [-0.2, 0) is 28.6 Å². The Morgan fingerprint density at radius 2 is 0.541 bits per heavy atom. The first-order chi connectivity index (χ1) is 30.0. The highest BCUT2D eigenvalue weighted by Gasteiger charge is 2.19. The molecule has 0 spiro atoms. The van der Waals surface area contributed by atoms with E-state index in [9.17, 15) is 14.4 Å². The minimum atomic E-state index is -0.763. The number of carbonyl (C=O) groups is 3. The van der Waals surface area contributed by atoms with Crippen molar-refractivity contribution in [2.75, 3.05) is 13.2 Å². The maximum atomic E-state index is 12.8. The summed E-state index contributed by atoms with van der Waals surface area (Å²) in [5.41, 5.74) is 0. The second kappa shape index (κ2) is 50.8. The molecule has 61 heavy (non-hydrogen) atoms. The van der Waals surface area contributed by atoms with Gasteiger partial charge in [-0.25, -0.2) is 0 Å². The Labute approximate surface area is 380 Å². The molecule has 0 aliphatic rings. The Bertz CT molecular complexity index is 947. The molecule has 0 aromatic carbocycles. The highest BCUT2D eigenvalue weighted by atomic mass is 16.6. The molecule has 0 aliphatic carbocycles. The van der Waals surface area contributed by atoms with Gasteiger partial charge in [-0.2, -0.15) is 0 Å². The minimum absolute atomic E-state index is 0.0650. The van der Waals surface area contributed by atoms with Gasteiger partial charge in [-0.3, -0.25) is 14.4 Å². The predicted octanol–water partition coefficient (Wildman–Crippen LogP) is 17.8. The highest BCUT2D eigenvalue weighted by molar-refractivity contribution is 5.71. The summed E-state index contributed by atoms with van der Waals surface area (Å²) in [6.07, 6.45) is 56.2. The molecule has 1 unspecified atom stereocenters. The van der Waals surface area contributed by atoms with Crippen LogP contribution in [0.3, 0.4) is 0 Å². The molecule has 0 aromatic rings. The van der Waals surface area contributed by atoms with Crippen molar-refractivity contribution in [1.29, 1.82) is 0 Å². The van der Waals surface area contributed by atoms with Gasteiger partial charge >= 0.3 is 17.9 Å². The van der Waals surface area contributed by atoms with Gasteiger partial charge in [0.15, 0.2) is 6.10 Å². The molecule has 0 aromatic heterocycles. The van der Waals surface area contributed by atoms with Gasteiger partial charge in [-0.15, -0.1) is 0 Å². The summed E-state index contributed by atoms with van der Waals surface area (Å²) in [5.74, 6) is -0.849. The molecule has 360 valence electrons. The van der Waals surface area contributed by atoms with Crippen LogP contribution in [0.4, 0.5) is 0 Å². The van der Waals surface area contributed by atoms with E-state index in [1.807, 2.05) is 0 Å². The van der Waals surface area contributed by atoms with Crippen LogP contribution in [0.5, 0.6) is 0 Å². The molecular formula is C55H104O6. The summed E-state index contributed by atoms with van der Waals surface area (Å²) >= 11 is 0. The molecule has 0 saturated carbocycles. The molecule has 0 saturated heterocycles. The lowest BCUT2D eigenvalue weighted by molar-refractivity contribution is -0.167. The molecule has 6 nitrogen and oxygen atoms in total. The summed E-state index contributed by atoms with van der Waals surface area (Å²) < 4.78 is 16.8. The molecule has 0 heterocycles. The van der Waals surface area contributed by atoms with Crippen LogP contribution in [0, 0.1) is 0 Å². The lowest BCUT2D eigenvalue weighted by Crippen LogP contribution is -2.30. The van der Waals surface area contributed by atoms with Crippen LogP contribution < -0.4 is 0 Å². The summed E-state index contributed by atoms with van der Waals surface area (Å²) in [4.78, 5) is 38.0. The number of hydrogen-bond acceptors (Lipinski definition) is 6. The second-order valence-electron chi connectivity index (χ2n) is 18.5.